The summed E-state index contributed by atoms with van der Waals surface area (Å²) in [5, 5.41) is 7.57. The predicted molar refractivity (Wildman–Crippen MR) is 217 cm³/mol. The van der Waals surface area contributed by atoms with Crippen LogP contribution in [-0.2, 0) is 24.8 Å². The molecule has 0 saturated heterocycles. The molecule has 2 N–H and O–H groups in total. The molecule has 0 unspecified atom stereocenters. The molecule has 312 valence electrons. The number of methoxy groups -OCH3 is 7. The quantitative estimate of drug-likeness (QED) is 0.100. The highest BCUT2D eigenvalue weighted by Gasteiger charge is 2.28. The summed E-state index contributed by atoms with van der Waals surface area (Å²) in [6.07, 6.45) is 0. The van der Waals surface area contributed by atoms with Gasteiger partial charge in [0.1, 0.15) is 34.5 Å². The number of rotatable bonds is 15. The van der Waals surface area contributed by atoms with Gasteiger partial charge in [0.25, 0.3) is 20.0 Å². The zero-order valence-corrected chi connectivity index (χ0v) is 35.6. The molecule has 2 heterocycles. The zero-order valence-electron chi connectivity index (χ0n) is 32.4. The lowest BCUT2D eigenvalue weighted by Crippen LogP contribution is -2.15. The number of esters is 1. The first-order valence-corrected chi connectivity index (χ1v) is 20.5. The van der Waals surface area contributed by atoms with Crippen LogP contribution in [0.25, 0.3) is 22.6 Å². The van der Waals surface area contributed by atoms with Gasteiger partial charge >= 0.3 is 5.97 Å². The van der Waals surface area contributed by atoms with Crippen LogP contribution in [-0.4, -0.2) is 82.9 Å². The summed E-state index contributed by atoms with van der Waals surface area (Å²) in [4.78, 5) is 11.5. The molecular weight excluding hydrogens is 880 g/mol. The molecule has 6 aromatic rings. The minimum atomic E-state index is -4.14. The van der Waals surface area contributed by atoms with Crippen LogP contribution >= 0.6 is 15.9 Å². The van der Waals surface area contributed by atoms with Crippen LogP contribution < -0.4 is 37.9 Å². The van der Waals surface area contributed by atoms with Crippen LogP contribution in [0, 0.1) is 0 Å². The van der Waals surface area contributed by atoms with E-state index in [-0.39, 0.29) is 55.7 Å². The van der Waals surface area contributed by atoms with Crippen LogP contribution in [0.15, 0.2) is 108 Å². The van der Waals surface area contributed by atoms with Crippen LogP contribution in [0.2, 0.25) is 0 Å². The van der Waals surface area contributed by atoms with Gasteiger partial charge in [0.15, 0.2) is 32.9 Å². The molecule has 0 atom stereocenters. The highest BCUT2D eigenvalue weighted by atomic mass is 79.9. The predicted octanol–water partition coefficient (Wildman–Crippen LogP) is 6.89. The highest BCUT2D eigenvalue weighted by molar-refractivity contribution is 9.10. The smallest absolute Gasteiger partial charge is 0.337 e. The number of aromatic nitrogens is 2. The van der Waals surface area contributed by atoms with E-state index in [1.54, 1.807) is 30.3 Å². The number of carbonyl (C=O) groups is 1. The first-order valence-electron chi connectivity index (χ1n) is 16.8. The second-order valence-electron chi connectivity index (χ2n) is 11.6. The fraction of sp³-hybridized carbons (Fsp3) is 0.184. The van der Waals surface area contributed by atoms with Gasteiger partial charge in [-0.2, -0.15) is 0 Å². The Balaban J connectivity index is 0.000000225. The van der Waals surface area contributed by atoms with E-state index in [0.717, 1.165) is 4.47 Å². The molecular formula is C38H37BrN4O14S2. The minimum Gasteiger partial charge on any atom is -0.496 e. The second kappa shape index (κ2) is 18.9. The second-order valence-corrected chi connectivity index (χ2v) is 15.8. The summed E-state index contributed by atoms with van der Waals surface area (Å²) in [5.74, 6) is 1.31. The van der Waals surface area contributed by atoms with Crippen molar-refractivity contribution < 1.29 is 63.8 Å². The summed E-state index contributed by atoms with van der Waals surface area (Å²) >= 11 is 3.38. The average Bonchev–Trinajstić information content (AvgIpc) is 3.91. The molecule has 0 spiro atoms. The highest BCUT2D eigenvalue weighted by Crippen LogP contribution is 2.38. The molecule has 0 bridgehead atoms. The Morgan fingerprint density at radius 2 is 0.932 bits per heavy atom. The third-order valence-electron chi connectivity index (χ3n) is 8.11. The van der Waals surface area contributed by atoms with E-state index in [2.05, 4.69) is 35.7 Å². The summed E-state index contributed by atoms with van der Waals surface area (Å²) in [6.45, 7) is 0. The molecule has 21 heteroatoms. The number of benzene rings is 4. The van der Waals surface area contributed by atoms with Gasteiger partial charge in [-0.15, -0.1) is 0 Å². The number of sulfonamides is 2. The van der Waals surface area contributed by atoms with Crippen molar-refractivity contribution in [2.45, 2.75) is 9.79 Å². The standard InChI is InChI=1S/C20H20N2O8S.C18H17BrN2O6S/c1-26-14-9-8-12(20(23)29-4)10-13(14)17-11-18(21-30-17)22-31(24,25)19-15(27-2)6-5-7-16(19)28-3;1-24-13-8-7-11(19)9-12(13)16-10-17(20-27-16)21-28(22,23)18-14(25-2)5-4-6-15(18)26-3/h5-11H,1-4H3,(H,21,22);4-10H,1-3H3,(H,20,21). The fourth-order valence-electron chi connectivity index (χ4n) is 5.46. The Morgan fingerprint density at radius 3 is 1.32 bits per heavy atom. The number of nitrogens with one attached hydrogen (secondary N) is 2. The van der Waals surface area contributed by atoms with E-state index in [9.17, 15) is 21.6 Å². The number of halogens is 1. The van der Waals surface area contributed by atoms with E-state index >= 15 is 0 Å². The minimum absolute atomic E-state index is 0.00462. The lowest BCUT2D eigenvalue weighted by atomic mass is 10.1. The van der Waals surface area contributed by atoms with Crippen molar-refractivity contribution in [2.24, 2.45) is 0 Å². The monoisotopic (exact) mass is 916 g/mol. The first-order chi connectivity index (χ1) is 28.2. The lowest BCUT2D eigenvalue weighted by Gasteiger charge is -2.13. The first kappa shape index (κ1) is 43.7. The van der Waals surface area contributed by atoms with Crippen molar-refractivity contribution in [1.29, 1.82) is 0 Å². The maximum Gasteiger partial charge on any atom is 0.337 e. The molecule has 4 aromatic carbocycles. The van der Waals surface area contributed by atoms with Crippen molar-refractivity contribution >= 4 is 53.6 Å². The van der Waals surface area contributed by atoms with Crippen LogP contribution in [0.5, 0.6) is 34.5 Å². The van der Waals surface area contributed by atoms with Crippen LogP contribution in [0.1, 0.15) is 10.4 Å². The number of ether oxygens (including phenoxy) is 7. The molecule has 2 aromatic heterocycles. The van der Waals surface area contributed by atoms with E-state index in [4.69, 9.17) is 42.2 Å². The number of hydrogen-bond donors (Lipinski definition) is 2. The van der Waals surface area contributed by atoms with Crippen molar-refractivity contribution in [2.75, 3.05) is 59.2 Å². The Labute approximate surface area is 347 Å². The number of carbonyl (C=O) groups excluding carboxylic acids is 1. The molecule has 0 saturated carbocycles. The average molecular weight is 918 g/mol. The van der Waals surface area contributed by atoms with Crippen molar-refractivity contribution in [3.63, 3.8) is 0 Å². The summed E-state index contributed by atoms with van der Waals surface area (Å²) in [6, 6.07) is 22.0. The van der Waals surface area contributed by atoms with Gasteiger partial charge in [0.05, 0.1) is 66.5 Å². The van der Waals surface area contributed by atoms with E-state index in [1.807, 2.05) is 6.07 Å². The van der Waals surface area contributed by atoms with Gasteiger partial charge in [-0.3, -0.25) is 9.44 Å². The molecule has 59 heavy (non-hydrogen) atoms. The molecule has 6 rings (SSSR count). The third kappa shape index (κ3) is 9.82. The molecule has 0 fully saturated rings. The molecule has 18 nitrogen and oxygen atoms in total. The lowest BCUT2D eigenvalue weighted by molar-refractivity contribution is 0.0600. The van der Waals surface area contributed by atoms with Crippen molar-refractivity contribution in [1.82, 2.24) is 10.3 Å². The number of nitrogens with zero attached hydrogens (tertiary/aromatic N) is 2. The Kier molecular flexibility index (Phi) is 14.0. The topological polar surface area (TPSA) is 226 Å². The van der Waals surface area contributed by atoms with Gasteiger partial charge < -0.3 is 42.2 Å². The van der Waals surface area contributed by atoms with Gasteiger partial charge in [-0.05, 0) is 60.7 Å². The van der Waals surface area contributed by atoms with E-state index < -0.39 is 26.0 Å². The zero-order chi connectivity index (χ0) is 42.9. The largest absolute Gasteiger partial charge is 0.496 e. The summed E-state index contributed by atoms with van der Waals surface area (Å²) in [7, 11) is 1.50. The molecule has 0 aliphatic rings. The number of hydrogen-bond acceptors (Lipinski definition) is 16. The maximum absolute atomic E-state index is 13.0. The Bertz CT molecular complexity index is 2620. The van der Waals surface area contributed by atoms with Gasteiger partial charge in [0, 0.05) is 16.6 Å². The van der Waals surface area contributed by atoms with Crippen molar-refractivity contribution in [3.8, 4) is 57.1 Å². The molecule has 0 aliphatic heterocycles. The Morgan fingerprint density at radius 1 is 0.542 bits per heavy atom. The van der Waals surface area contributed by atoms with Crippen LogP contribution in [0.3, 0.4) is 0 Å². The molecule has 0 radical (unpaired) electrons. The van der Waals surface area contributed by atoms with E-state index in [1.165, 1.54) is 98.3 Å². The summed E-state index contributed by atoms with van der Waals surface area (Å²) < 4.78 is 104. The van der Waals surface area contributed by atoms with Crippen LogP contribution in [0.4, 0.5) is 11.6 Å². The molecule has 0 aliphatic carbocycles. The Hall–Kier alpha value is -6.45. The SMILES string of the molecule is COC(=O)c1ccc(OC)c(-c2cc(NS(=O)(=O)c3c(OC)cccc3OC)no2)c1.COc1ccc(Br)cc1-c1cc(NS(=O)(=O)c2c(OC)cccc2OC)no1. The number of anilines is 2. The van der Waals surface area contributed by atoms with Gasteiger partial charge in [-0.1, -0.05) is 38.4 Å². The third-order valence-corrected chi connectivity index (χ3v) is 11.4. The maximum atomic E-state index is 13.0. The fourth-order valence-corrected chi connectivity index (χ4v) is 8.43. The molecule has 0 amide bonds. The van der Waals surface area contributed by atoms with E-state index in [0.29, 0.717) is 28.4 Å². The van der Waals surface area contributed by atoms with Crippen molar-refractivity contribution in [3.05, 3.63) is 95.0 Å². The summed E-state index contributed by atoms with van der Waals surface area (Å²) in [5.41, 5.74) is 1.26. The normalized spacial score (nSPS) is 11.1. The van der Waals surface area contributed by atoms with Gasteiger partial charge in [-0.25, -0.2) is 21.6 Å². The van der Waals surface area contributed by atoms with Gasteiger partial charge in [0.2, 0.25) is 0 Å².